The molecule has 2 heterocycles. The molecule has 6 atom stereocenters. The van der Waals surface area contributed by atoms with Crippen LogP contribution in [0.3, 0.4) is 0 Å². The molecule has 6 N–H and O–H groups in total. The fourth-order valence-electron chi connectivity index (χ4n) is 4.75. The topological polar surface area (TPSA) is 170 Å². The highest BCUT2D eigenvalue weighted by Gasteiger charge is 2.43. The lowest BCUT2D eigenvalue weighted by atomic mass is 9.91. The van der Waals surface area contributed by atoms with Crippen molar-refractivity contribution in [3.63, 3.8) is 0 Å². The molecule has 42 heavy (non-hydrogen) atoms. The maximum Gasteiger partial charge on any atom is 0.255 e. The minimum atomic E-state index is -2.08. The zero-order chi connectivity index (χ0) is 30.9. The maximum atomic E-state index is 14.6. The van der Waals surface area contributed by atoms with Crippen molar-refractivity contribution in [3.8, 4) is 5.75 Å². The first-order valence-electron chi connectivity index (χ1n) is 13.2. The van der Waals surface area contributed by atoms with Gasteiger partial charge in [0.1, 0.15) is 17.8 Å². The predicted molar refractivity (Wildman–Crippen MR) is 136 cm³/mol. The van der Waals surface area contributed by atoms with E-state index in [-0.39, 0.29) is 11.5 Å². The molecule has 2 aliphatic rings. The fourth-order valence-corrected chi connectivity index (χ4v) is 4.75. The van der Waals surface area contributed by atoms with E-state index in [2.05, 4.69) is 26.3 Å². The summed E-state index contributed by atoms with van der Waals surface area (Å²) in [7, 11) is 0. The van der Waals surface area contributed by atoms with Crippen molar-refractivity contribution >= 4 is 23.6 Å². The monoisotopic (exact) mass is 595 g/mol. The number of nitrogens with one attached hydrogen (secondary N) is 4. The number of aromatic nitrogens is 1. The van der Waals surface area contributed by atoms with E-state index in [0.29, 0.717) is 12.8 Å². The molecule has 1 saturated heterocycles. The predicted octanol–water partition coefficient (Wildman–Crippen LogP) is 0.580. The number of nitrogens with zero attached hydrogens (tertiary/aromatic N) is 1. The number of aliphatic hydroxyl groups excluding tert-OH is 1. The van der Waals surface area contributed by atoms with Gasteiger partial charge in [-0.05, 0) is 37.8 Å². The molecule has 226 valence electrons. The van der Waals surface area contributed by atoms with Crippen LogP contribution in [0.4, 0.5) is 17.6 Å². The van der Waals surface area contributed by atoms with Crippen LogP contribution >= 0.6 is 0 Å². The number of phenolic OH excluding ortho intramolecular Hbond substituents is 1. The van der Waals surface area contributed by atoms with E-state index in [1.54, 1.807) is 0 Å². The summed E-state index contributed by atoms with van der Waals surface area (Å²) < 4.78 is 56.4. The number of carbonyl (C=O) groups excluding carboxylic acids is 4. The summed E-state index contributed by atoms with van der Waals surface area (Å²) in [6.45, 7) is 2.61. The number of benzene rings is 1. The Morgan fingerprint density at radius 3 is 2.26 bits per heavy atom. The summed E-state index contributed by atoms with van der Waals surface area (Å²) in [6, 6.07) is -0.0566. The molecule has 11 nitrogen and oxygen atoms in total. The lowest BCUT2D eigenvalue weighted by Crippen LogP contribution is -2.64. The number of para-hydroxylation sites is 1. The summed E-state index contributed by atoms with van der Waals surface area (Å²) in [5, 5.41) is 31.0. The van der Waals surface area contributed by atoms with Crippen molar-refractivity contribution in [1.29, 1.82) is 0 Å². The highest BCUT2D eigenvalue weighted by molar-refractivity contribution is 6.00. The second-order valence-corrected chi connectivity index (χ2v) is 10.5. The van der Waals surface area contributed by atoms with E-state index in [1.807, 2.05) is 0 Å². The van der Waals surface area contributed by atoms with Gasteiger partial charge in [-0.25, -0.2) is 4.39 Å². The van der Waals surface area contributed by atoms with Gasteiger partial charge in [-0.2, -0.15) is 18.2 Å². The number of hydrogen-bond donors (Lipinski definition) is 6. The van der Waals surface area contributed by atoms with Crippen LogP contribution in [0.1, 0.15) is 42.6 Å². The van der Waals surface area contributed by atoms with E-state index in [0.717, 1.165) is 0 Å². The van der Waals surface area contributed by atoms with Gasteiger partial charge >= 0.3 is 0 Å². The van der Waals surface area contributed by atoms with Gasteiger partial charge in [0.05, 0.1) is 29.7 Å². The Morgan fingerprint density at radius 2 is 1.62 bits per heavy atom. The Kier molecular flexibility index (Phi) is 8.99. The third-order valence-corrected chi connectivity index (χ3v) is 7.44. The quantitative estimate of drug-likeness (QED) is 0.217. The van der Waals surface area contributed by atoms with Gasteiger partial charge in [-0.1, -0.05) is 19.1 Å². The highest BCUT2D eigenvalue weighted by atomic mass is 19.2. The summed E-state index contributed by atoms with van der Waals surface area (Å²) in [5.41, 5.74) is -1.31. The number of halogens is 4. The molecule has 1 aliphatic carbocycles. The molecule has 0 bridgehead atoms. The van der Waals surface area contributed by atoms with Crippen LogP contribution in [0, 0.1) is 35.4 Å². The van der Waals surface area contributed by atoms with Crippen LogP contribution in [-0.2, 0) is 20.8 Å². The number of aromatic hydroxyl groups is 1. The molecule has 1 aromatic carbocycles. The number of hydrogen-bond acceptors (Lipinski definition) is 7. The van der Waals surface area contributed by atoms with E-state index in [9.17, 15) is 47.0 Å². The number of carbonyl (C=O) groups is 4. The number of pyridine rings is 1. The summed E-state index contributed by atoms with van der Waals surface area (Å²) in [6.07, 6.45) is -1.61. The van der Waals surface area contributed by atoms with E-state index < -0.39 is 101 Å². The Balaban J connectivity index is 1.73. The molecule has 0 radical (unpaired) electrons. The van der Waals surface area contributed by atoms with Gasteiger partial charge in [0.25, 0.3) is 11.9 Å². The molecule has 15 heteroatoms. The van der Waals surface area contributed by atoms with Gasteiger partial charge in [0.15, 0.2) is 5.82 Å². The molecule has 2 fully saturated rings. The molecule has 1 aromatic heterocycles. The van der Waals surface area contributed by atoms with Gasteiger partial charge in [0, 0.05) is 12.0 Å². The Hall–Kier alpha value is -4.27. The first-order valence-corrected chi connectivity index (χ1v) is 13.2. The lowest BCUT2D eigenvalue weighted by molar-refractivity contribution is -0.136. The molecule has 1 aliphatic heterocycles. The smallest absolute Gasteiger partial charge is 0.255 e. The van der Waals surface area contributed by atoms with Crippen molar-refractivity contribution in [2.75, 3.05) is 0 Å². The molecule has 2 aromatic rings. The van der Waals surface area contributed by atoms with Gasteiger partial charge in [-0.3, -0.25) is 19.2 Å². The van der Waals surface area contributed by atoms with Crippen molar-refractivity contribution in [2.45, 2.75) is 63.4 Å². The normalized spacial score (nSPS) is 27.2. The summed E-state index contributed by atoms with van der Waals surface area (Å²) in [5.74, 6) is -13.3. The van der Waals surface area contributed by atoms with Crippen molar-refractivity contribution in [1.82, 2.24) is 26.3 Å². The van der Waals surface area contributed by atoms with Crippen LogP contribution in [0.5, 0.6) is 5.75 Å². The first-order chi connectivity index (χ1) is 19.8. The van der Waals surface area contributed by atoms with E-state index in [1.165, 1.54) is 38.1 Å². The average Bonchev–Trinajstić information content (AvgIpc) is 3.78. The molecule has 4 rings (SSSR count). The van der Waals surface area contributed by atoms with Gasteiger partial charge in [-0.15, -0.1) is 0 Å². The molecular weight excluding hydrogens is 566 g/mol. The van der Waals surface area contributed by atoms with Crippen LogP contribution in [0.15, 0.2) is 24.3 Å². The maximum absolute atomic E-state index is 14.6. The highest BCUT2D eigenvalue weighted by Crippen LogP contribution is 2.33. The van der Waals surface area contributed by atoms with E-state index in [4.69, 9.17) is 0 Å². The Morgan fingerprint density at radius 1 is 0.952 bits per heavy atom. The molecular formula is C27H29F4N5O6. The molecule has 1 saturated carbocycles. The second-order valence-electron chi connectivity index (χ2n) is 10.5. The van der Waals surface area contributed by atoms with E-state index >= 15 is 0 Å². The molecule has 4 amide bonds. The number of amides is 4. The third kappa shape index (κ3) is 6.45. The summed E-state index contributed by atoms with van der Waals surface area (Å²) in [4.78, 5) is 55.4. The Bertz CT molecular complexity index is 1410. The van der Waals surface area contributed by atoms with Crippen LogP contribution in [0.2, 0.25) is 0 Å². The van der Waals surface area contributed by atoms with Crippen LogP contribution in [0.25, 0.3) is 0 Å². The minimum absolute atomic E-state index is 0.208. The lowest BCUT2D eigenvalue weighted by Gasteiger charge is -2.34. The fraction of sp³-hybridized carbons (Fsp3) is 0.444. The van der Waals surface area contributed by atoms with Gasteiger partial charge < -0.3 is 31.5 Å². The average molecular weight is 596 g/mol. The number of phenols is 1. The molecule has 1 unspecified atom stereocenters. The van der Waals surface area contributed by atoms with Gasteiger partial charge in [0.2, 0.25) is 29.5 Å². The van der Waals surface area contributed by atoms with Crippen molar-refractivity contribution < 1.29 is 47.0 Å². The third-order valence-electron chi connectivity index (χ3n) is 7.44. The van der Waals surface area contributed by atoms with Crippen molar-refractivity contribution in [2.24, 2.45) is 11.8 Å². The number of aliphatic hydroxyl groups is 1. The van der Waals surface area contributed by atoms with Crippen LogP contribution in [-0.4, -0.2) is 69.1 Å². The van der Waals surface area contributed by atoms with Crippen molar-refractivity contribution in [3.05, 3.63) is 58.9 Å². The SMILES string of the molecule is C[C@H]1NC(=O)C(C2CC2)NC(=O)[C@H](C)[C@H](O)[C@H](Cc2c(F)nc(F)c(F)c2F)NC(=O)[C@H]1NC(=O)c1ccccc1O. The molecule has 0 spiro atoms. The largest absolute Gasteiger partial charge is 0.507 e. The zero-order valence-corrected chi connectivity index (χ0v) is 22.5. The zero-order valence-electron chi connectivity index (χ0n) is 22.5. The van der Waals surface area contributed by atoms with Crippen LogP contribution < -0.4 is 21.3 Å². The standard InChI is InChI=1S/C27H29F4N5O6/c1-10-21(38)15(9-14-17(28)18(29)23(31)36-22(14)30)33-26(41)19(34-25(40)13-5-3-4-6-16(13)37)11(2)32-27(42)20(12-7-8-12)35-24(10)39/h3-6,10-12,15,19-21,37-38H,7-9H2,1-2H3,(H,32,42)(H,33,41)(H,34,40)(H,35,39)/t10-,11-,15+,19+,20?,21+/m1/s1. The first kappa shape index (κ1) is 30.7. The summed E-state index contributed by atoms with van der Waals surface area (Å²) >= 11 is 0. The Labute approximate surface area is 237 Å². The number of rotatable bonds is 5. The second kappa shape index (κ2) is 12.3. The minimum Gasteiger partial charge on any atom is -0.507 e.